The summed E-state index contributed by atoms with van der Waals surface area (Å²) in [6, 6.07) is 12.6. The lowest BCUT2D eigenvalue weighted by Gasteiger charge is -2.17. The van der Waals surface area contributed by atoms with Gasteiger partial charge in [0.05, 0.1) is 0 Å². The van der Waals surface area contributed by atoms with Crippen LogP contribution >= 0.6 is 0 Å². The van der Waals surface area contributed by atoms with Crippen molar-refractivity contribution in [2.45, 2.75) is 25.9 Å². The zero-order valence-corrected chi connectivity index (χ0v) is 13.9. The Hall–Kier alpha value is -2.89. The zero-order chi connectivity index (χ0) is 17.8. The Morgan fingerprint density at radius 3 is 2.44 bits per heavy atom. The second kappa shape index (κ2) is 7.34. The fraction of sp³-hybridized carbons (Fsp3) is 0.263. The van der Waals surface area contributed by atoms with Crippen molar-refractivity contribution in [3.63, 3.8) is 0 Å². The molecule has 1 aliphatic rings. The summed E-state index contributed by atoms with van der Waals surface area (Å²) in [6.07, 6.45) is 0.719. The summed E-state index contributed by atoms with van der Waals surface area (Å²) in [7, 11) is 0. The minimum Gasteiger partial charge on any atom is -0.481 e. The second-order valence-electron chi connectivity index (χ2n) is 5.90. The second-order valence-corrected chi connectivity index (χ2v) is 5.90. The number of anilines is 2. The van der Waals surface area contributed by atoms with E-state index in [0.29, 0.717) is 17.9 Å². The lowest BCUT2D eigenvalue weighted by molar-refractivity contribution is -0.122. The van der Waals surface area contributed by atoms with E-state index in [1.165, 1.54) is 24.3 Å². The molecule has 2 aromatic rings. The Morgan fingerprint density at radius 2 is 1.84 bits per heavy atom. The molecule has 1 heterocycles. The molecule has 1 fully saturated rings. The molecule has 2 aromatic carbocycles. The predicted octanol–water partition coefficient (Wildman–Crippen LogP) is 3.36. The maximum absolute atomic E-state index is 12.9. The first-order valence-corrected chi connectivity index (χ1v) is 8.16. The minimum absolute atomic E-state index is 0.123. The smallest absolute Gasteiger partial charge is 0.265 e. The Balaban J connectivity index is 1.58. The van der Waals surface area contributed by atoms with Crippen LogP contribution < -0.4 is 15.0 Å². The third-order valence-corrected chi connectivity index (χ3v) is 4.02. The molecule has 0 bridgehead atoms. The van der Waals surface area contributed by atoms with E-state index in [4.69, 9.17) is 4.74 Å². The number of hydrogen-bond acceptors (Lipinski definition) is 3. The zero-order valence-electron chi connectivity index (χ0n) is 13.9. The van der Waals surface area contributed by atoms with Gasteiger partial charge in [-0.15, -0.1) is 0 Å². The first kappa shape index (κ1) is 17.0. The third kappa shape index (κ3) is 4.15. The van der Waals surface area contributed by atoms with Crippen LogP contribution in [0.3, 0.4) is 0 Å². The first-order chi connectivity index (χ1) is 12.0. The van der Waals surface area contributed by atoms with Gasteiger partial charge in [-0.1, -0.05) is 0 Å². The number of carbonyl (C=O) groups is 2. The van der Waals surface area contributed by atoms with E-state index in [2.05, 4.69) is 5.32 Å². The van der Waals surface area contributed by atoms with E-state index in [9.17, 15) is 14.0 Å². The van der Waals surface area contributed by atoms with E-state index in [1.807, 2.05) is 12.1 Å². The van der Waals surface area contributed by atoms with Crippen molar-refractivity contribution in [1.82, 2.24) is 0 Å². The summed E-state index contributed by atoms with van der Waals surface area (Å²) in [5, 5.41) is 2.76. The molecule has 0 aromatic heterocycles. The number of halogens is 1. The van der Waals surface area contributed by atoms with Crippen LogP contribution in [0.1, 0.15) is 19.8 Å². The van der Waals surface area contributed by atoms with Crippen molar-refractivity contribution in [1.29, 1.82) is 0 Å². The molecule has 1 aliphatic heterocycles. The largest absolute Gasteiger partial charge is 0.481 e. The van der Waals surface area contributed by atoms with Gasteiger partial charge in [-0.25, -0.2) is 4.39 Å². The lowest BCUT2D eigenvalue weighted by atomic mass is 10.2. The average molecular weight is 342 g/mol. The molecule has 0 aliphatic carbocycles. The fourth-order valence-electron chi connectivity index (χ4n) is 2.66. The molecular weight excluding hydrogens is 323 g/mol. The molecule has 0 saturated carbocycles. The van der Waals surface area contributed by atoms with E-state index >= 15 is 0 Å². The van der Waals surface area contributed by atoms with Crippen molar-refractivity contribution in [3.05, 3.63) is 54.3 Å². The number of nitrogens with zero attached hydrogens (tertiary/aromatic N) is 1. The van der Waals surface area contributed by atoms with E-state index in [0.717, 1.165) is 18.7 Å². The number of hydrogen-bond donors (Lipinski definition) is 1. The number of nitrogens with one attached hydrogen (secondary N) is 1. The molecule has 5 nitrogen and oxygen atoms in total. The molecule has 1 N–H and O–H groups in total. The molecule has 1 unspecified atom stereocenters. The highest BCUT2D eigenvalue weighted by Gasteiger charge is 2.21. The highest BCUT2D eigenvalue weighted by Crippen LogP contribution is 2.23. The van der Waals surface area contributed by atoms with Crippen molar-refractivity contribution in [2.24, 2.45) is 0 Å². The Kier molecular flexibility index (Phi) is 4.97. The number of ether oxygens (including phenoxy) is 1. The third-order valence-electron chi connectivity index (χ3n) is 4.02. The van der Waals surface area contributed by atoms with Gasteiger partial charge in [0, 0.05) is 24.3 Å². The van der Waals surface area contributed by atoms with Crippen LogP contribution in [0, 0.1) is 5.82 Å². The Bertz CT molecular complexity index is 759. The van der Waals surface area contributed by atoms with Crippen molar-refractivity contribution < 1.29 is 18.7 Å². The van der Waals surface area contributed by atoms with E-state index < -0.39 is 6.10 Å². The van der Waals surface area contributed by atoms with Crippen LogP contribution in [-0.4, -0.2) is 24.5 Å². The summed E-state index contributed by atoms with van der Waals surface area (Å²) >= 11 is 0. The molecule has 2 amide bonds. The highest BCUT2D eigenvalue weighted by molar-refractivity contribution is 5.96. The van der Waals surface area contributed by atoms with Crippen LogP contribution in [-0.2, 0) is 9.59 Å². The SMILES string of the molecule is CC(Oc1ccc(F)cc1)C(=O)Nc1ccc(N2CCCC2=O)cc1. The summed E-state index contributed by atoms with van der Waals surface area (Å²) in [5.74, 6) is -0.125. The number of benzene rings is 2. The minimum atomic E-state index is -0.731. The van der Waals surface area contributed by atoms with E-state index in [-0.39, 0.29) is 17.6 Å². The van der Waals surface area contributed by atoms with Gasteiger partial charge in [-0.2, -0.15) is 0 Å². The van der Waals surface area contributed by atoms with Crippen LogP contribution in [0.5, 0.6) is 5.75 Å². The fourth-order valence-corrected chi connectivity index (χ4v) is 2.66. The average Bonchev–Trinajstić information content (AvgIpc) is 3.03. The van der Waals surface area contributed by atoms with E-state index in [1.54, 1.807) is 24.0 Å². The molecular formula is C19H19FN2O3. The van der Waals surface area contributed by atoms with Gasteiger partial charge < -0.3 is 15.0 Å². The topological polar surface area (TPSA) is 58.6 Å². The molecule has 0 spiro atoms. The Labute approximate surface area is 145 Å². The highest BCUT2D eigenvalue weighted by atomic mass is 19.1. The lowest BCUT2D eigenvalue weighted by Crippen LogP contribution is -2.30. The van der Waals surface area contributed by atoms with Crippen molar-refractivity contribution >= 4 is 23.2 Å². The first-order valence-electron chi connectivity index (χ1n) is 8.16. The summed E-state index contributed by atoms with van der Waals surface area (Å²) < 4.78 is 18.4. The van der Waals surface area contributed by atoms with Crippen LogP contribution in [0.2, 0.25) is 0 Å². The van der Waals surface area contributed by atoms with Gasteiger partial charge in [0.1, 0.15) is 11.6 Å². The predicted molar refractivity (Wildman–Crippen MR) is 93.1 cm³/mol. The molecule has 130 valence electrons. The quantitative estimate of drug-likeness (QED) is 0.906. The van der Waals surface area contributed by atoms with Gasteiger partial charge in [0.15, 0.2) is 6.10 Å². The number of amides is 2. The van der Waals surface area contributed by atoms with Gasteiger partial charge in [0.2, 0.25) is 5.91 Å². The standard InChI is InChI=1S/C19H19FN2O3/c1-13(25-17-10-4-14(20)5-11-17)19(24)21-15-6-8-16(9-7-15)22-12-2-3-18(22)23/h4-11,13H,2-3,12H2,1H3,(H,21,24). The monoisotopic (exact) mass is 342 g/mol. The maximum Gasteiger partial charge on any atom is 0.265 e. The Morgan fingerprint density at radius 1 is 1.16 bits per heavy atom. The molecule has 1 atom stereocenters. The number of carbonyl (C=O) groups excluding carboxylic acids is 2. The van der Waals surface area contributed by atoms with Crippen molar-refractivity contribution in [3.8, 4) is 5.75 Å². The van der Waals surface area contributed by atoms with Gasteiger partial charge in [0.25, 0.3) is 5.91 Å². The molecule has 3 rings (SSSR count). The summed E-state index contributed by atoms with van der Waals surface area (Å²) in [6.45, 7) is 2.35. The molecule has 6 heteroatoms. The van der Waals surface area contributed by atoms with Crippen LogP contribution in [0.4, 0.5) is 15.8 Å². The summed E-state index contributed by atoms with van der Waals surface area (Å²) in [4.78, 5) is 25.7. The molecule has 1 saturated heterocycles. The van der Waals surface area contributed by atoms with Crippen LogP contribution in [0.15, 0.2) is 48.5 Å². The normalized spacial score (nSPS) is 15.1. The van der Waals surface area contributed by atoms with Gasteiger partial charge in [-0.3, -0.25) is 9.59 Å². The van der Waals surface area contributed by atoms with Gasteiger partial charge in [-0.05, 0) is 61.9 Å². The maximum atomic E-state index is 12.9. The number of rotatable bonds is 5. The van der Waals surface area contributed by atoms with Gasteiger partial charge >= 0.3 is 0 Å². The molecule has 25 heavy (non-hydrogen) atoms. The summed E-state index contributed by atoms with van der Waals surface area (Å²) in [5.41, 5.74) is 1.45. The molecule has 0 radical (unpaired) electrons. The van der Waals surface area contributed by atoms with Crippen LogP contribution in [0.25, 0.3) is 0 Å². The van der Waals surface area contributed by atoms with Crippen molar-refractivity contribution in [2.75, 3.05) is 16.8 Å².